The Kier molecular flexibility index (Phi) is 11.8. The fourth-order valence-corrected chi connectivity index (χ4v) is 3.20. The zero-order chi connectivity index (χ0) is 18.0. The topological polar surface area (TPSA) is 83.0 Å². The van der Waals surface area contributed by atoms with E-state index in [0.717, 1.165) is 11.3 Å². The molecule has 0 saturated carbocycles. The molecule has 0 aliphatic heterocycles. The van der Waals surface area contributed by atoms with Crippen LogP contribution in [0.1, 0.15) is 18.9 Å². The first-order valence-electron chi connectivity index (χ1n) is 7.93. The standard InChI is InChI=1S/C16H28N4O3S.HI/c1-5-20(24(4,21)22)12-8-11-18-16(17-2)19-13-14-9-6-7-10-15(14)23-3;/h6-7,9-10H,5,8,11-13H2,1-4H3,(H2,17,18,19);1H. The second kappa shape index (κ2) is 12.3. The highest BCUT2D eigenvalue weighted by molar-refractivity contribution is 14.0. The number of aliphatic imine (C=N–C) groups is 1. The van der Waals surface area contributed by atoms with Crippen molar-refractivity contribution >= 4 is 40.0 Å². The number of benzene rings is 1. The molecule has 0 aliphatic carbocycles. The smallest absolute Gasteiger partial charge is 0.211 e. The molecule has 1 aromatic rings. The van der Waals surface area contributed by atoms with E-state index in [4.69, 9.17) is 4.74 Å². The van der Waals surface area contributed by atoms with Gasteiger partial charge in [-0.3, -0.25) is 4.99 Å². The summed E-state index contributed by atoms with van der Waals surface area (Å²) in [7, 11) is 0.217. The van der Waals surface area contributed by atoms with Crippen molar-refractivity contribution in [2.45, 2.75) is 19.9 Å². The van der Waals surface area contributed by atoms with E-state index in [2.05, 4.69) is 15.6 Å². The van der Waals surface area contributed by atoms with Gasteiger partial charge in [0.25, 0.3) is 0 Å². The van der Waals surface area contributed by atoms with E-state index in [-0.39, 0.29) is 24.0 Å². The second-order valence-electron chi connectivity index (χ2n) is 5.27. The van der Waals surface area contributed by atoms with Gasteiger partial charge in [-0.2, -0.15) is 0 Å². The molecule has 0 fully saturated rings. The molecule has 0 amide bonds. The Labute approximate surface area is 168 Å². The number of rotatable bonds is 9. The molecular formula is C16H29IN4O3S. The molecule has 0 radical (unpaired) electrons. The zero-order valence-corrected chi connectivity index (χ0v) is 18.4. The van der Waals surface area contributed by atoms with Gasteiger partial charge in [0.15, 0.2) is 5.96 Å². The van der Waals surface area contributed by atoms with Crippen molar-refractivity contribution in [3.63, 3.8) is 0 Å². The van der Waals surface area contributed by atoms with Crippen LogP contribution in [-0.4, -0.2) is 58.7 Å². The Morgan fingerprint density at radius 3 is 2.52 bits per heavy atom. The molecule has 0 heterocycles. The van der Waals surface area contributed by atoms with Crippen LogP contribution in [0.2, 0.25) is 0 Å². The van der Waals surface area contributed by atoms with Gasteiger partial charge in [-0.1, -0.05) is 25.1 Å². The van der Waals surface area contributed by atoms with Crippen LogP contribution < -0.4 is 15.4 Å². The molecule has 0 aliphatic rings. The highest BCUT2D eigenvalue weighted by Gasteiger charge is 2.13. The zero-order valence-electron chi connectivity index (χ0n) is 15.3. The second-order valence-corrected chi connectivity index (χ2v) is 7.26. The Hall–Kier alpha value is -1.07. The molecule has 1 rings (SSSR count). The number of sulfonamides is 1. The van der Waals surface area contributed by atoms with Crippen LogP contribution in [0.3, 0.4) is 0 Å². The molecule has 0 atom stereocenters. The predicted molar refractivity (Wildman–Crippen MR) is 113 cm³/mol. The van der Waals surface area contributed by atoms with Gasteiger partial charge in [-0.25, -0.2) is 12.7 Å². The van der Waals surface area contributed by atoms with E-state index in [0.29, 0.717) is 38.6 Å². The van der Waals surface area contributed by atoms with Crippen molar-refractivity contribution in [1.82, 2.24) is 14.9 Å². The maximum atomic E-state index is 11.5. The molecule has 9 heteroatoms. The van der Waals surface area contributed by atoms with Crippen LogP contribution in [0.25, 0.3) is 0 Å². The highest BCUT2D eigenvalue weighted by Crippen LogP contribution is 2.16. The molecule has 2 N–H and O–H groups in total. The summed E-state index contributed by atoms with van der Waals surface area (Å²) in [5.41, 5.74) is 1.04. The van der Waals surface area contributed by atoms with Crippen LogP contribution in [-0.2, 0) is 16.6 Å². The van der Waals surface area contributed by atoms with Gasteiger partial charge in [-0.05, 0) is 12.5 Å². The van der Waals surface area contributed by atoms with Crippen molar-refractivity contribution in [1.29, 1.82) is 0 Å². The van der Waals surface area contributed by atoms with E-state index in [1.807, 2.05) is 31.2 Å². The molecule has 0 bridgehead atoms. The monoisotopic (exact) mass is 484 g/mol. The number of para-hydroxylation sites is 1. The third-order valence-electron chi connectivity index (χ3n) is 3.56. The molecule has 1 aromatic carbocycles. The lowest BCUT2D eigenvalue weighted by Gasteiger charge is -2.18. The minimum Gasteiger partial charge on any atom is -0.496 e. The quantitative estimate of drug-likeness (QED) is 0.241. The lowest BCUT2D eigenvalue weighted by atomic mass is 10.2. The van der Waals surface area contributed by atoms with E-state index >= 15 is 0 Å². The van der Waals surface area contributed by atoms with Gasteiger partial charge < -0.3 is 15.4 Å². The summed E-state index contributed by atoms with van der Waals surface area (Å²) in [6, 6.07) is 7.79. The Morgan fingerprint density at radius 2 is 1.96 bits per heavy atom. The highest BCUT2D eigenvalue weighted by atomic mass is 127. The largest absolute Gasteiger partial charge is 0.496 e. The molecule has 0 saturated heterocycles. The number of hydrogen-bond acceptors (Lipinski definition) is 4. The minimum atomic E-state index is -3.13. The third-order valence-corrected chi connectivity index (χ3v) is 4.94. The van der Waals surface area contributed by atoms with Crippen LogP contribution in [0.5, 0.6) is 5.75 Å². The van der Waals surface area contributed by atoms with E-state index in [1.165, 1.54) is 10.6 Å². The summed E-state index contributed by atoms with van der Waals surface area (Å²) < 4.78 is 29.8. The van der Waals surface area contributed by atoms with Crippen molar-refractivity contribution in [3.05, 3.63) is 29.8 Å². The average molecular weight is 484 g/mol. The fraction of sp³-hybridized carbons (Fsp3) is 0.562. The van der Waals surface area contributed by atoms with Crippen LogP contribution in [0.15, 0.2) is 29.3 Å². The van der Waals surface area contributed by atoms with Crippen LogP contribution in [0.4, 0.5) is 0 Å². The lowest BCUT2D eigenvalue weighted by Crippen LogP contribution is -2.39. The molecular weight excluding hydrogens is 455 g/mol. The summed E-state index contributed by atoms with van der Waals surface area (Å²) in [6.45, 7) is 4.04. The van der Waals surface area contributed by atoms with Gasteiger partial charge in [0.1, 0.15) is 5.75 Å². The number of halogens is 1. The lowest BCUT2D eigenvalue weighted by molar-refractivity contribution is 0.409. The van der Waals surface area contributed by atoms with Gasteiger partial charge in [0.05, 0.1) is 13.4 Å². The van der Waals surface area contributed by atoms with Crippen LogP contribution >= 0.6 is 24.0 Å². The minimum absolute atomic E-state index is 0. The summed E-state index contributed by atoms with van der Waals surface area (Å²) in [6.07, 6.45) is 1.94. The molecule has 7 nitrogen and oxygen atoms in total. The summed E-state index contributed by atoms with van der Waals surface area (Å²) >= 11 is 0. The predicted octanol–water partition coefficient (Wildman–Crippen LogP) is 1.65. The van der Waals surface area contributed by atoms with Crippen molar-refractivity contribution in [2.24, 2.45) is 4.99 Å². The van der Waals surface area contributed by atoms with E-state index in [9.17, 15) is 8.42 Å². The van der Waals surface area contributed by atoms with Gasteiger partial charge >= 0.3 is 0 Å². The maximum Gasteiger partial charge on any atom is 0.211 e. The van der Waals surface area contributed by atoms with Crippen molar-refractivity contribution < 1.29 is 13.2 Å². The first kappa shape index (κ1) is 23.9. The number of nitrogens with one attached hydrogen (secondary N) is 2. The van der Waals surface area contributed by atoms with Crippen molar-refractivity contribution in [3.8, 4) is 5.75 Å². The number of nitrogens with zero attached hydrogens (tertiary/aromatic N) is 2. The number of methoxy groups -OCH3 is 1. The Morgan fingerprint density at radius 1 is 1.28 bits per heavy atom. The molecule has 144 valence electrons. The average Bonchev–Trinajstić information content (AvgIpc) is 2.56. The van der Waals surface area contributed by atoms with Gasteiger partial charge in [0, 0.05) is 38.8 Å². The first-order chi connectivity index (χ1) is 11.4. The van der Waals surface area contributed by atoms with E-state index in [1.54, 1.807) is 14.2 Å². The van der Waals surface area contributed by atoms with Gasteiger partial charge in [0.2, 0.25) is 10.0 Å². The molecule has 25 heavy (non-hydrogen) atoms. The Balaban J connectivity index is 0.00000576. The summed E-state index contributed by atoms with van der Waals surface area (Å²) in [5.74, 6) is 1.50. The number of hydrogen-bond donors (Lipinski definition) is 2. The van der Waals surface area contributed by atoms with Crippen LogP contribution in [0, 0.1) is 0 Å². The summed E-state index contributed by atoms with van der Waals surface area (Å²) in [4.78, 5) is 4.17. The molecule has 0 aromatic heterocycles. The summed E-state index contributed by atoms with van der Waals surface area (Å²) in [5, 5.41) is 6.40. The third kappa shape index (κ3) is 8.73. The first-order valence-corrected chi connectivity index (χ1v) is 9.78. The normalized spacial score (nSPS) is 11.8. The maximum absolute atomic E-state index is 11.5. The number of guanidine groups is 1. The fourth-order valence-electron chi connectivity index (χ4n) is 2.27. The van der Waals surface area contributed by atoms with Gasteiger partial charge in [-0.15, -0.1) is 24.0 Å². The molecule has 0 unspecified atom stereocenters. The van der Waals surface area contributed by atoms with Crippen molar-refractivity contribution in [2.75, 3.05) is 40.0 Å². The number of ether oxygens (including phenoxy) is 1. The van der Waals surface area contributed by atoms with E-state index < -0.39 is 10.0 Å². The SMILES string of the molecule is CCN(CCCNC(=NC)NCc1ccccc1OC)S(C)(=O)=O.I. The Bertz CT molecular complexity index is 638. The molecule has 0 spiro atoms.